The molecule has 0 radical (unpaired) electrons. The number of nitrogens with one attached hydrogen (secondary N) is 2. The molecule has 5 heteroatoms. The zero-order chi connectivity index (χ0) is 14.5. The SMILES string of the molecule is Cc1ccc(CNC(=O)NC2CCN(C)CC2)cc1F. The predicted octanol–water partition coefficient (Wildman–Crippen LogP) is 2.03. The minimum Gasteiger partial charge on any atom is -0.335 e. The van der Waals surface area contributed by atoms with Crippen molar-refractivity contribution in [1.82, 2.24) is 15.5 Å². The van der Waals surface area contributed by atoms with E-state index in [1.807, 2.05) is 6.07 Å². The molecule has 2 N–H and O–H groups in total. The molecule has 110 valence electrons. The Bertz CT molecular complexity index is 470. The second kappa shape index (κ2) is 6.70. The molecule has 0 aromatic heterocycles. The fraction of sp³-hybridized carbons (Fsp3) is 0.533. The summed E-state index contributed by atoms with van der Waals surface area (Å²) >= 11 is 0. The van der Waals surface area contributed by atoms with Gasteiger partial charge in [-0.3, -0.25) is 0 Å². The van der Waals surface area contributed by atoms with Gasteiger partial charge in [0.2, 0.25) is 0 Å². The maximum absolute atomic E-state index is 13.4. The number of rotatable bonds is 3. The maximum atomic E-state index is 13.4. The van der Waals surface area contributed by atoms with Gasteiger partial charge in [-0.25, -0.2) is 9.18 Å². The van der Waals surface area contributed by atoms with Crippen molar-refractivity contribution in [1.29, 1.82) is 0 Å². The number of hydrogen-bond donors (Lipinski definition) is 2. The van der Waals surface area contributed by atoms with E-state index in [2.05, 4.69) is 22.6 Å². The van der Waals surface area contributed by atoms with Gasteiger partial charge in [-0.05, 0) is 57.1 Å². The van der Waals surface area contributed by atoms with Gasteiger partial charge in [-0.1, -0.05) is 12.1 Å². The van der Waals surface area contributed by atoms with Crippen LogP contribution in [-0.4, -0.2) is 37.1 Å². The Balaban J connectivity index is 1.76. The Kier molecular flexibility index (Phi) is 4.95. The second-order valence-corrected chi connectivity index (χ2v) is 5.49. The van der Waals surface area contributed by atoms with E-state index >= 15 is 0 Å². The quantitative estimate of drug-likeness (QED) is 0.889. The highest BCUT2D eigenvalue weighted by molar-refractivity contribution is 5.74. The number of hydrogen-bond acceptors (Lipinski definition) is 2. The topological polar surface area (TPSA) is 44.4 Å². The van der Waals surface area contributed by atoms with E-state index in [1.54, 1.807) is 13.0 Å². The Labute approximate surface area is 119 Å². The highest BCUT2D eigenvalue weighted by Gasteiger charge is 2.18. The summed E-state index contributed by atoms with van der Waals surface area (Å²) in [6, 6.07) is 5.07. The largest absolute Gasteiger partial charge is 0.335 e. The van der Waals surface area contributed by atoms with E-state index in [0.29, 0.717) is 12.1 Å². The molecule has 0 atom stereocenters. The number of benzene rings is 1. The van der Waals surface area contributed by atoms with Crippen LogP contribution in [0, 0.1) is 12.7 Å². The van der Waals surface area contributed by atoms with Crippen LogP contribution in [0.4, 0.5) is 9.18 Å². The third-order valence-electron chi connectivity index (χ3n) is 3.74. The van der Waals surface area contributed by atoms with Crippen molar-refractivity contribution in [2.75, 3.05) is 20.1 Å². The van der Waals surface area contributed by atoms with E-state index in [-0.39, 0.29) is 17.9 Å². The van der Waals surface area contributed by atoms with Gasteiger partial charge in [0, 0.05) is 12.6 Å². The van der Waals surface area contributed by atoms with Gasteiger partial charge < -0.3 is 15.5 Å². The van der Waals surface area contributed by atoms with E-state index in [0.717, 1.165) is 31.5 Å². The summed E-state index contributed by atoms with van der Waals surface area (Å²) in [5.74, 6) is -0.236. The molecule has 0 saturated carbocycles. The van der Waals surface area contributed by atoms with E-state index in [4.69, 9.17) is 0 Å². The van der Waals surface area contributed by atoms with Crippen LogP contribution in [0.25, 0.3) is 0 Å². The van der Waals surface area contributed by atoms with Gasteiger partial charge in [0.15, 0.2) is 0 Å². The van der Waals surface area contributed by atoms with Crippen LogP contribution < -0.4 is 10.6 Å². The third kappa shape index (κ3) is 4.20. The van der Waals surface area contributed by atoms with Crippen LogP contribution in [0.3, 0.4) is 0 Å². The number of piperidine rings is 1. The Morgan fingerprint density at radius 3 is 2.75 bits per heavy atom. The minimum absolute atomic E-state index is 0.180. The summed E-state index contributed by atoms with van der Waals surface area (Å²) in [4.78, 5) is 14.0. The molecule has 1 fully saturated rings. The molecule has 0 bridgehead atoms. The number of nitrogens with zero attached hydrogens (tertiary/aromatic N) is 1. The lowest BCUT2D eigenvalue weighted by Crippen LogP contribution is -2.46. The summed E-state index contributed by atoms with van der Waals surface area (Å²) in [6.45, 7) is 4.08. The monoisotopic (exact) mass is 279 g/mol. The van der Waals surface area contributed by atoms with Gasteiger partial charge in [-0.2, -0.15) is 0 Å². The summed E-state index contributed by atoms with van der Waals surface area (Å²) in [6.07, 6.45) is 1.95. The van der Waals surface area contributed by atoms with Crippen LogP contribution in [0.5, 0.6) is 0 Å². The molecular formula is C15H22FN3O. The highest BCUT2D eigenvalue weighted by Crippen LogP contribution is 2.09. The molecule has 4 nitrogen and oxygen atoms in total. The van der Waals surface area contributed by atoms with Crippen molar-refractivity contribution in [2.24, 2.45) is 0 Å². The number of halogens is 1. The number of urea groups is 1. The molecular weight excluding hydrogens is 257 g/mol. The van der Waals surface area contributed by atoms with Gasteiger partial charge in [0.1, 0.15) is 5.82 Å². The molecule has 20 heavy (non-hydrogen) atoms. The van der Waals surface area contributed by atoms with Crippen molar-refractivity contribution in [3.63, 3.8) is 0 Å². The Morgan fingerprint density at radius 2 is 2.10 bits per heavy atom. The molecule has 1 heterocycles. The van der Waals surface area contributed by atoms with Gasteiger partial charge in [0.25, 0.3) is 0 Å². The molecule has 0 aliphatic carbocycles. The fourth-order valence-corrected chi connectivity index (χ4v) is 2.32. The lowest BCUT2D eigenvalue weighted by molar-refractivity contribution is 0.213. The Morgan fingerprint density at radius 1 is 1.40 bits per heavy atom. The van der Waals surface area contributed by atoms with Crippen LogP contribution >= 0.6 is 0 Å². The lowest BCUT2D eigenvalue weighted by atomic mass is 10.1. The molecule has 1 aliphatic rings. The normalized spacial score (nSPS) is 16.9. The van der Waals surface area contributed by atoms with Gasteiger partial charge in [-0.15, -0.1) is 0 Å². The van der Waals surface area contributed by atoms with Gasteiger partial charge in [0.05, 0.1) is 0 Å². The average Bonchev–Trinajstić information content (AvgIpc) is 2.43. The standard InChI is InChI=1S/C15H22FN3O/c1-11-3-4-12(9-14(11)16)10-17-15(20)18-13-5-7-19(2)8-6-13/h3-4,9,13H,5-8,10H2,1-2H3,(H2,17,18,20). The number of aryl methyl sites for hydroxylation is 1. The molecule has 1 aliphatic heterocycles. The molecule has 1 aromatic rings. The molecule has 2 amide bonds. The molecule has 2 rings (SSSR count). The van der Waals surface area contributed by atoms with Crippen molar-refractivity contribution in [2.45, 2.75) is 32.4 Å². The zero-order valence-corrected chi connectivity index (χ0v) is 12.1. The number of likely N-dealkylation sites (tertiary alicyclic amines) is 1. The molecule has 1 aromatic carbocycles. The van der Waals surface area contributed by atoms with Crippen molar-refractivity contribution in [3.05, 3.63) is 35.1 Å². The summed E-state index contributed by atoms with van der Waals surface area (Å²) in [5, 5.41) is 5.74. The predicted molar refractivity (Wildman–Crippen MR) is 77.0 cm³/mol. The second-order valence-electron chi connectivity index (χ2n) is 5.49. The molecule has 0 unspecified atom stereocenters. The van der Waals surface area contributed by atoms with E-state index < -0.39 is 0 Å². The van der Waals surface area contributed by atoms with Crippen LogP contribution in [-0.2, 0) is 6.54 Å². The van der Waals surface area contributed by atoms with E-state index in [1.165, 1.54) is 6.07 Å². The Hall–Kier alpha value is -1.62. The van der Waals surface area contributed by atoms with E-state index in [9.17, 15) is 9.18 Å². The first-order valence-corrected chi connectivity index (χ1v) is 7.02. The number of amides is 2. The lowest BCUT2D eigenvalue weighted by Gasteiger charge is -2.29. The fourth-order valence-electron chi connectivity index (χ4n) is 2.32. The van der Waals surface area contributed by atoms with Crippen molar-refractivity contribution >= 4 is 6.03 Å². The maximum Gasteiger partial charge on any atom is 0.315 e. The summed E-state index contributed by atoms with van der Waals surface area (Å²) < 4.78 is 13.4. The van der Waals surface area contributed by atoms with Crippen LogP contribution in [0.15, 0.2) is 18.2 Å². The van der Waals surface area contributed by atoms with Crippen LogP contribution in [0.1, 0.15) is 24.0 Å². The zero-order valence-electron chi connectivity index (χ0n) is 12.1. The first kappa shape index (κ1) is 14.8. The first-order chi connectivity index (χ1) is 9.54. The third-order valence-corrected chi connectivity index (χ3v) is 3.74. The summed E-state index contributed by atoms with van der Waals surface area (Å²) in [5.41, 5.74) is 1.39. The average molecular weight is 279 g/mol. The minimum atomic E-state index is -0.236. The smallest absolute Gasteiger partial charge is 0.315 e. The van der Waals surface area contributed by atoms with Crippen LogP contribution in [0.2, 0.25) is 0 Å². The van der Waals surface area contributed by atoms with Crippen molar-refractivity contribution < 1.29 is 9.18 Å². The van der Waals surface area contributed by atoms with Gasteiger partial charge >= 0.3 is 6.03 Å². The first-order valence-electron chi connectivity index (χ1n) is 7.02. The molecule has 0 spiro atoms. The number of carbonyl (C=O) groups is 1. The highest BCUT2D eigenvalue weighted by atomic mass is 19.1. The van der Waals surface area contributed by atoms with Crippen molar-refractivity contribution in [3.8, 4) is 0 Å². The number of carbonyl (C=O) groups excluding carboxylic acids is 1. The molecule has 1 saturated heterocycles. The summed E-state index contributed by atoms with van der Waals surface area (Å²) in [7, 11) is 2.09.